The number of benzene rings is 1. The third-order valence-electron chi connectivity index (χ3n) is 2.93. The summed E-state index contributed by atoms with van der Waals surface area (Å²) in [6.07, 6.45) is 1.80. The zero-order valence-electron chi connectivity index (χ0n) is 9.76. The molecule has 0 aliphatic heterocycles. The van der Waals surface area contributed by atoms with E-state index in [9.17, 15) is 8.42 Å². The lowest BCUT2D eigenvalue weighted by atomic mass is 10.2. The Bertz CT molecular complexity index is 597. The molecule has 18 heavy (non-hydrogen) atoms. The van der Waals surface area contributed by atoms with Crippen LogP contribution in [0.1, 0.15) is 18.4 Å². The molecule has 2 rings (SSSR count). The van der Waals surface area contributed by atoms with Gasteiger partial charge in [-0.2, -0.15) is 4.31 Å². The van der Waals surface area contributed by atoms with Gasteiger partial charge < -0.3 is 5.73 Å². The largest absolute Gasteiger partial charge is 0.389 e. The van der Waals surface area contributed by atoms with Gasteiger partial charge in [0.15, 0.2) is 0 Å². The van der Waals surface area contributed by atoms with E-state index in [4.69, 9.17) is 29.6 Å². The highest BCUT2D eigenvalue weighted by Crippen LogP contribution is 2.33. The minimum Gasteiger partial charge on any atom is -0.389 e. The Morgan fingerprint density at radius 1 is 1.50 bits per heavy atom. The van der Waals surface area contributed by atoms with Crippen LogP contribution >= 0.6 is 23.8 Å². The van der Waals surface area contributed by atoms with Gasteiger partial charge in [0.25, 0.3) is 0 Å². The summed E-state index contributed by atoms with van der Waals surface area (Å²) in [7, 11) is -1.96. The molecule has 0 bridgehead atoms. The second kappa shape index (κ2) is 4.77. The minimum absolute atomic E-state index is 0.0959. The van der Waals surface area contributed by atoms with Crippen LogP contribution in [-0.4, -0.2) is 30.8 Å². The number of rotatable bonds is 4. The van der Waals surface area contributed by atoms with Crippen molar-refractivity contribution in [2.45, 2.75) is 23.8 Å². The Morgan fingerprint density at radius 2 is 2.11 bits per heavy atom. The molecular formula is C11H13ClN2O2S2. The number of hydrogen-bond acceptors (Lipinski definition) is 3. The van der Waals surface area contributed by atoms with Crippen LogP contribution in [0.5, 0.6) is 0 Å². The molecule has 0 unspecified atom stereocenters. The van der Waals surface area contributed by atoms with Crippen LogP contribution in [0.25, 0.3) is 0 Å². The summed E-state index contributed by atoms with van der Waals surface area (Å²) in [5.41, 5.74) is 6.03. The van der Waals surface area contributed by atoms with E-state index in [1.807, 2.05) is 0 Å². The first-order chi connectivity index (χ1) is 8.34. The number of nitrogens with two attached hydrogens (primary N) is 1. The maximum Gasteiger partial charge on any atom is 0.244 e. The molecule has 1 saturated carbocycles. The fourth-order valence-corrected chi connectivity index (χ4v) is 3.71. The van der Waals surface area contributed by atoms with Gasteiger partial charge in [0.2, 0.25) is 10.0 Å². The molecule has 0 amide bonds. The highest BCUT2D eigenvalue weighted by molar-refractivity contribution is 7.89. The van der Waals surface area contributed by atoms with E-state index in [0.29, 0.717) is 5.56 Å². The van der Waals surface area contributed by atoms with Crippen molar-refractivity contribution >= 4 is 38.8 Å². The predicted molar refractivity (Wildman–Crippen MR) is 75.3 cm³/mol. The van der Waals surface area contributed by atoms with Crippen LogP contribution in [0.3, 0.4) is 0 Å². The van der Waals surface area contributed by atoms with Crippen molar-refractivity contribution in [2.24, 2.45) is 5.73 Å². The topological polar surface area (TPSA) is 63.4 Å². The van der Waals surface area contributed by atoms with Crippen molar-refractivity contribution in [1.29, 1.82) is 0 Å². The highest BCUT2D eigenvalue weighted by atomic mass is 35.5. The SMILES string of the molecule is CN(C1CC1)S(=O)(=O)c1ccc(C(N)=S)cc1Cl. The summed E-state index contributed by atoms with van der Waals surface area (Å²) in [5.74, 6) is 0. The third-order valence-corrected chi connectivity index (χ3v) is 5.56. The summed E-state index contributed by atoms with van der Waals surface area (Å²) in [6.45, 7) is 0. The van der Waals surface area contributed by atoms with Crippen molar-refractivity contribution < 1.29 is 8.42 Å². The first-order valence-electron chi connectivity index (χ1n) is 5.41. The number of sulfonamides is 1. The van der Waals surface area contributed by atoms with E-state index in [2.05, 4.69) is 0 Å². The van der Waals surface area contributed by atoms with Gasteiger partial charge in [0.05, 0.1) is 5.02 Å². The zero-order valence-corrected chi connectivity index (χ0v) is 12.1. The molecule has 2 N–H and O–H groups in total. The van der Waals surface area contributed by atoms with E-state index >= 15 is 0 Å². The lowest BCUT2D eigenvalue weighted by Gasteiger charge is -2.17. The molecule has 0 spiro atoms. The van der Waals surface area contributed by atoms with Gasteiger partial charge in [-0.05, 0) is 25.0 Å². The maximum absolute atomic E-state index is 12.3. The average molecular weight is 305 g/mol. The van der Waals surface area contributed by atoms with Crippen molar-refractivity contribution in [3.63, 3.8) is 0 Å². The molecule has 1 aromatic carbocycles. The zero-order chi connectivity index (χ0) is 13.5. The number of thiocarbonyl (C=S) groups is 1. The monoisotopic (exact) mass is 304 g/mol. The van der Waals surface area contributed by atoms with Gasteiger partial charge in [-0.15, -0.1) is 0 Å². The van der Waals surface area contributed by atoms with Gasteiger partial charge in [0.1, 0.15) is 9.88 Å². The molecule has 0 heterocycles. The molecule has 1 fully saturated rings. The molecule has 98 valence electrons. The average Bonchev–Trinajstić information content (AvgIpc) is 3.11. The second-order valence-electron chi connectivity index (χ2n) is 4.26. The molecule has 1 aliphatic rings. The van der Waals surface area contributed by atoms with Gasteiger partial charge in [-0.3, -0.25) is 0 Å². The fourth-order valence-electron chi connectivity index (χ4n) is 1.65. The molecule has 0 atom stereocenters. The molecule has 1 aromatic rings. The van der Waals surface area contributed by atoms with Gasteiger partial charge >= 0.3 is 0 Å². The third kappa shape index (κ3) is 2.51. The summed E-state index contributed by atoms with van der Waals surface area (Å²) < 4.78 is 26.0. The maximum atomic E-state index is 12.3. The van der Waals surface area contributed by atoms with Crippen LogP contribution in [-0.2, 0) is 10.0 Å². The van der Waals surface area contributed by atoms with Crippen molar-refractivity contribution in [3.05, 3.63) is 28.8 Å². The molecule has 0 saturated heterocycles. The van der Waals surface area contributed by atoms with Gasteiger partial charge in [-0.1, -0.05) is 29.9 Å². The molecule has 4 nitrogen and oxygen atoms in total. The minimum atomic E-state index is -3.53. The Balaban J connectivity index is 2.41. The first kappa shape index (κ1) is 13.7. The second-order valence-corrected chi connectivity index (χ2v) is 7.07. The van der Waals surface area contributed by atoms with Crippen LogP contribution in [0.15, 0.2) is 23.1 Å². The molecule has 0 aromatic heterocycles. The summed E-state index contributed by atoms with van der Waals surface area (Å²) in [5, 5.41) is 0.146. The normalized spacial score (nSPS) is 15.9. The highest BCUT2D eigenvalue weighted by Gasteiger charge is 2.35. The number of halogens is 1. The predicted octanol–water partition coefficient (Wildman–Crippen LogP) is 1.76. The molecular weight excluding hydrogens is 292 g/mol. The van der Waals surface area contributed by atoms with E-state index in [1.165, 1.54) is 16.4 Å². The van der Waals surface area contributed by atoms with Crippen molar-refractivity contribution in [1.82, 2.24) is 4.31 Å². The van der Waals surface area contributed by atoms with Crippen molar-refractivity contribution in [2.75, 3.05) is 7.05 Å². The van der Waals surface area contributed by atoms with E-state index < -0.39 is 10.0 Å². The summed E-state index contributed by atoms with van der Waals surface area (Å²) in [4.78, 5) is 0.287. The lowest BCUT2D eigenvalue weighted by Crippen LogP contribution is -2.29. The Morgan fingerprint density at radius 3 is 2.56 bits per heavy atom. The van der Waals surface area contributed by atoms with Crippen LogP contribution in [0.2, 0.25) is 5.02 Å². The van der Waals surface area contributed by atoms with Crippen LogP contribution < -0.4 is 5.73 Å². The Hall–Kier alpha value is -0.690. The van der Waals surface area contributed by atoms with Crippen LogP contribution in [0, 0.1) is 0 Å². The van der Waals surface area contributed by atoms with E-state index in [0.717, 1.165) is 12.8 Å². The molecule has 7 heteroatoms. The van der Waals surface area contributed by atoms with Gasteiger partial charge in [0, 0.05) is 18.7 Å². The lowest BCUT2D eigenvalue weighted by molar-refractivity contribution is 0.464. The Kier molecular flexibility index (Phi) is 3.64. The van der Waals surface area contributed by atoms with Crippen LogP contribution in [0.4, 0.5) is 0 Å². The molecule has 0 radical (unpaired) electrons. The van der Waals surface area contributed by atoms with Gasteiger partial charge in [-0.25, -0.2) is 8.42 Å². The first-order valence-corrected chi connectivity index (χ1v) is 7.64. The number of nitrogens with zero attached hydrogens (tertiary/aromatic N) is 1. The smallest absolute Gasteiger partial charge is 0.244 e. The van der Waals surface area contributed by atoms with E-state index in [-0.39, 0.29) is 20.9 Å². The summed E-state index contributed by atoms with van der Waals surface area (Å²) in [6, 6.07) is 4.60. The Labute approximate surface area is 117 Å². The van der Waals surface area contributed by atoms with E-state index in [1.54, 1.807) is 13.1 Å². The standard InChI is InChI=1S/C11H13ClN2O2S2/c1-14(8-3-4-8)18(15,16)10-5-2-7(11(13)17)6-9(10)12/h2,5-6,8H,3-4H2,1H3,(H2,13,17). The molecule has 1 aliphatic carbocycles. The number of hydrogen-bond donors (Lipinski definition) is 1. The fraction of sp³-hybridized carbons (Fsp3) is 0.364. The summed E-state index contributed by atoms with van der Waals surface area (Å²) >= 11 is 10.8. The quantitative estimate of drug-likeness (QED) is 0.861. The van der Waals surface area contributed by atoms with Crippen molar-refractivity contribution in [3.8, 4) is 0 Å².